The predicted octanol–water partition coefficient (Wildman–Crippen LogP) is 3.70. The van der Waals surface area contributed by atoms with Crippen molar-refractivity contribution in [3.63, 3.8) is 0 Å². The minimum absolute atomic E-state index is 0.635. The molecule has 2 aromatic heterocycles. The highest BCUT2D eigenvalue weighted by Crippen LogP contribution is 2.31. The zero-order chi connectivity index (χ0) is 14.7. The third-order valence-electron chi connectivity index (χ3n) is 3.33. The normalized spacial score (nSPS) is 12.5. The highest BCUT2D eigenvalue weighted by molar-refractivity contribution is 5.81. The van der Waals surface area contributed by atoms with E-state index in [2.05, 4.69) is 4.98 Å². The molecule has 0 bridgehead atoms. The monoisotopic (exact) mass is 283 g/mol. The van der Waals surface area contributed by atoms with Gasteiger partial charge in [-0.2, -0.15) is 0 Å². The second-order valence-corrected chi connectivity index (χ2v) is 4.89. The summed E-state index contributed by atoms with van der Waals surface area (Å²) in [4.78, 5) is 4.13. The topological polar surface area (TPSA) is 55.5 Å². The molecule has 21 heavy (non-hydrogen) atoms. The number of aliphatic hydroxyl groups is 1. The minimum Gasteiger partial charge on any atom is -0.492 e. The Balaban J connectivity index is 1.92. The van der Waals surface area contributed by atoms with Crippen LogP contribution in [0.3, 0.4) is 0 Å². The van der Waals surface area contributed by atoms with Crippen molar-refractivity contribution in [2.75, 3.05) is 6.61 Å². The van der Waals surface area contributed by atoms with Crippen molar-refractivity contribution in [3.8, 4) is 5.75 Å². The number of benzene rings is 1. The Labute approximate surface area is 123 Å². The first-order chi connectivity index (χ1) is 10.3. The molecule has 1 atom stereocenters. The summed E-state index contributed by atoms with van der Waals surface area (Å²) in [6, 6.07) is 9.46. The van der Waals surface area contributed by atoms with Crippen LogP contribution in [0.1, 0.15) is 30.6 Å². The molecular formula is C17H17NO3. The molecule has 108 valence electrons. The maximum Gasteiger partial charge on any atom is 0.137 e. The zero-order valence-corrected chi connectivity index (χ0v) is 11.8. The number of ether oxygens (including phenoxy) is 1. The number of nitrogens with zero attached hydrogens (tertiary/aromatic N) is 1. The fourth-order valence-electron chi connectivity index (χ4n) is 2.27. The molecule has 0 radical (unpaired) electrons. The minimum atomic E-state index is -0.786. The molecule has 3 aromatic rings. The molecular weight excluding hydrogens is 266 g/mol. The summed E-state index contributed by atoms with van der Waals surface area (Å²) < 4.78 is 11.0. The molecule has 1 N–H and O–H groups in total. The van der Waals surface area contributed by atoms with Crippen molar-refractivity contribution in [1.82, 2.24) is 4.98 Å². The first kappa shape index (κ1) is 13.6. The Bertz CT molecular complexity index is 735. The Hall–Kier alpha value is -2.33. The molecule has 2 heterocycles. The summed E-state index contributed by atoms with van der Waals surface area (Å²) in [5.41, 5.74) is 2.19. The van der Waals surface area contributed by atoms with Crippen LogP contribution in [0.15, 0.2) is 53.4 Å². The van der Waals surface area contributed by atoms with Crippen molar-refractivity contribution in [2.24, 2.45) is 0 Å². The number of para-hydroxylation sites is 1. The van der Waals surface area contributed by atoms with Gasteiger partial charge in [0.15, 0.2) is 0 Å². The molecule has 1 unspecified atom stereocenters. The van der Waals surface area contributed by atoms with Crippen LogP contribution < -0.4 is 4.74 Å². The summed E-state index contributed by atoms with van der Waals surface area (Å²) in [5.74, 6) is 0.668. The molecule has 3 rings (SSSR count). The second-order valence-electron chi connectivity index (χ2n) is 4.89. The highest BCUT2D eigenvalue weighted by atomic mass is 16.5. The van der Waals surface area contributed by atoms with Gasteiger partial charge in [-0.15, -0.1) is 0 Å². The van der Waals surface area contributed by atoms with E-state index in [4.69, 9.17) is 9.15 Å². The number of furan rings is 1. The van der Waals surface area contributed by atoms with Crippen LogP contribution in [-0.2, 0) is 0 Å². The largest absolute Gasteiger partial charge is 0.492 e. The van der Waals surface area contributed by atoms with Crippen LogP contribution in [0.4, 0.5) is 0 Å². The fourth-order valence-corrected chi connectivity index (χ4v) is 2.27. The second kappa shape index (κ2) is 5.97. The molecule has 0 aliphatic carbocycles. The number of rotatable bonds is 5. The van der Waals surface area contributed by atoms with Gasteiger partial charge in [0.05, 0.1) is 19.1 Å². The highest BCUT2D eigenvalue weighted by Gasteiger charge is 2.17. The summed E-state index contributed by atoms with van der Waals surface area (Å²) in [5, 5.41) is 11.5. The van der Waals surface area contributed by atoms with Gasteiger partial charge in [-0.05, 0) is 18.6 Å². The third kappa shape index (κ3) is 2.76. The molecule has 4 nitrogen and oxygen atoms in total. The van der Waals surface area contributed by atoms with Gasteiger partial charge < -0.3 is 14.3 Å². The first-order valence-corrected chi connectivity index (χ1v) is 7.01. The van der Waals surface area contributed by atoms with Gasteiger partial charge >= 0.3 is 0 Å². The van der Waals surface area contributed by atoms with Gasteiger partial charge in [0.2, 0.25) is 0 Å². The van der Waals surface area contributed by atoms with Gasteiger partial charge in [0.1, 0.15) is 17.4 Å². The van der Waals surface area contributed by atoms with E-state index < -0.39 is 6.10 Å². The lowest BCUT2D eigenvalue weighted by atomic mass is 10.0. The van der Waals surface area contributed by atoms with Crippen LogP contribution in [0.25, 0.3) is 11.0 Å². The maximum atomic E-state index is 10.6. The Morgan fingerprint density at radius 1 is 1.29 bits per heavy atom. The lowest BCUT2D eigenvalue weighted by Crippen LogP contribution is -2.01. The van der Waals surface area contributed by atoms with E-state index in [1.165, 1.54) is 0 Å². The summed E-state index contributed by atoms with van der Waals surface area (Å²) in [7, 11) is 0. The molecule has 0 aliphatic rings. The van der Waals surface area contributed by atoms with Crippen LogP contribution in [0.5, 0.6) is 5.75 Å². The van der Waals surface area contributed by atoms with Crippen molar-refractivity contribution in [1.29, 1.82) is 0 Å². The summed E-state index contributed by atoms with van der Waals surface area (Å²) >= 11 is 0. The molecule has 4 heteroatoms. The standard InChI is InChI=1S/C17H17NO3/c1-2-7-20-13-8-12(9-18-10-13)17(19)15-11-21-16-6-4-3-5-14(15)16/h3-6,8-11,17,19H,2,7H2,1H3. The number of fused-ring (bicyclic) bond motifs is 1. The lowest BCUT2D eigenvalue weighted by molar-refractivity contribution is 0.219. The molecule has 0 spiro atoms. The molecule has 0 fully saturated rings. The quantitative estimate of drug-likeness (QED) is 0.775. The lowest BCUT2D eigenvalue weighted by Gasteiger charge is -2.11. The van der Waals surface area contributed by atoms with E-state index in [9.17, 15) is 5.11 Å². The van der Waals surface area contributed by atoms with Crippen LogP contribution in [0, 0.1) is 0 Å². The van der Waals surface area contributed by atoms with Crippen LogP contribution in [0.2, 0.25) is 0 Å². The average Bonchev–Trinajstić information content (AvgIpc) is 2.96. The molecule has 0 amide bonds. The smallest absolute Gasteiger partial charge is 0.137 e. The van der Waals surface area contributed by atoms with E-state index >= 15 is 0 Å². The molecule has 0 saturated carbocycles. The molecule has 0 saturated heterocycles. The van der Waals surface area contributed by atoms with E-state index in [1.54, 1.807) is 18.7 Å². The molecule has 0 aliphatic heterocycles. The molecule has 1 aromatic carbocycles. The van der Waals surface area contributed by atoms with Crippen LogP contribution in [-0.4, -0.2) is 16.7 Å². The van der Waals surface area contributed by atoms with Crippen molar-refractivity contribution >= 4 is 11.0 Å². The Morgan fingerprint density at radius 3 is 3.00 bits per heavy atom. The Kier molecular flexibility index (Phi) is 3.88. The van der Waals surface area contributed by atoms with Crippen molar-refractivity contribution < 1.29 is 14.3 Å². The number of aromatic nitrogens is 1. The summed E-state index contributed by atoms with van der Waals surface area (Å²) in [6.45, 7) is 2.68. The fraction of sp³-hybridized carbons (Fsp3) is 0.235. The van der Waals surface area contributed by atoms with Crippen LogP contribution >= 0.6 is 0 Å². The first-order valence-electron chi connectivity index (χ1n) is 7.01. The van der Waals surface area contributed by atoms with E-state index in [1.807, 2.05) is 37.3 Å². The van der Waals surface area contributed by atoms with Gasteiger partial charge in [0, 0.05) is 22.7 Å². The van der Waals surface area contributed by atoms with Crippen molar-refractivity contribution in [3.05, 3.63) is 60.1 Å². The van der Waals surface area contributed by atoms with Crippen molar-refractivity contribution in [2.45, 2.75) is 19.4 Å². The number of hydrogen-bond donors (Lipinski definition) is 1. The number of pyridine rings is 1. The number of hydrogen-bond acceptors (Lipinski definition) is 4. The van der Waals surface area contributed by atoms with Gasteiger partial charge in [-0.25, -0.2) is 0 Å². The zero-order valence-electron chi connectivity index (χ0n) is 11.8. The maximum absolute atomic E-state index is 10.6. The van der Waals surface area contributed by atoms with Gasteiger partial charge in [-0.3, -0.25) is 4.98 Å². The average molecular weight is 283 g/mol. The predicted molar refractivity (Wildman–Crippen MR) is 80.3 cm³/mol. The third-order valence-corrected chi connectivity index (χ3v) is 3.33. The summed E-state index contributed by atoms with van der Waals surface area (Å²) in [6.07, 6.45) is 5.03. The van der Waals surface area contributed by atoms with Gasteiger partial charge in [0.25, 0.3) is 0 Å². The Morgan fingerprint density at radius 2 is 2.14 bits per heavy atom. The van der Waals surface area contributed by atoms with E-state index in [0.29, 0.717) is 17.9 Å². The van der Waals surface area contributed by atoms with E-state index in [-0.39, 0.29) is 0 Å². The van der Waals surface area contributed by atoms with E-state index in [0.717, 1.165) is 23.0 Å². The number of aliphatic hydroxyl groups excluding tert-OH is 1. The van der Waals surface area contributed by atoms with Gasteiger partial charge in [-0.1, -0.05) is 25.1 Å². The SMILES string of the molecule is CCCOc1cncc(C(O)c2coc3ccccc23)c1.